The van der Waals surface area contributed by atoms with Crippen LogP contribution in [0, 0.1) is 0 Å². The minimum atomic E-state index is -1.05. The molecule has 6 heteroatoms. The molecule has 6 nitrogen and oxygen atoms in total. The summed E-state index contributed by atoms with van der Waals surface area (Å²) in [6.45, 7) is 5.22. The van der Waals surface area contributed by atoms with Crippen molar-refractivity contribution < 1.29 is 9.90 Å². The SMILES string of the molecule is CC(CN1CCCC1)Nc1nc(C(=O)O)ccc1N. The molecule has 1 unspecified atom stereocenters. The van der Waals surface area contributed by atoms with Gasteiger partial charge in [0.15, 0.2) is 5.69 Å². The van der Waals surface area contributed by atoms with Crippen molar-refractivity contribution >= 4 is 17.5 Å². The standard InChI is InChI=1S/C13H20N4O2/c1-9(8-17-6-2-3-7-17)15-12-10(14)4-5-11(16-12)13(18)19/h4-5,9H,2-3,6-8,14H2,1H3,(H,15,16)(H,18,19). The number of likely N-dealkylation sites (tertiary alicyclic amines) is 1. The van der Waals surface area contributed by atoms with E-state index in [2.05, 4.69) is 15.2 Å². The molecule has 1 saturated heterocycles. The number of rotatable bonds is 5. The molecule has 0 spiro atoms. The maximum Gasteiger partial charge on any atom is 0.354 e. The fraction of sp³-hybridized carbons (Fsp3) is 0.538. The number of hydrogen-bond donors (Lipinski definition) is 3. The molecule has 0 radical (unpaired) electrons. The number of nitrogen functional groups attached to an aromatic ring is 1. The van der Waals surface area contributed by atoms with E-state index < -0.39 is 5.97 Å². The van der Waals surface area contributed by atoms with Gasteiger partial charge in [-0.25, -0.2) is 9.78 Å². The zero-order valence-corrected chi connectivity index (χ0v) is 11.1. The Kier molecular flexibility index (Phi) is 4.21. The Morgan fingerprint density at radius 3 is 2.84 bits per heavy atom. The molecule has 19 heavy (non-hydrogen) atoms. The lowest BCUT2D eigenvalue weighted by molar-refractivity contribution is 0.0690. The number of carboxylic acids is 1. The summed E-state index contributed by atoms with van der Waals surface area (Å²) < 4.78 is 0. The molecule has 1 aromatic rings. The lowest BCUT2D eigenvalue weighted by Crippen LogP contribution is -2.33. The highest BCUT2D eigenvalue weighted by Gasteiger charge is 2.16. The molecule has 0 amide bonds. The number of aromatic carboxylic acids is 1. The van der Waals surface area contributed by atoms with Crippen LogP contribution in [0.3, 0.4) is 0 Å². The zero-order valence-electron chi connectivity index (χ0n) is 11.1. The summed E-state index contributed by atoms with van der Waals surface area (Å²) in [4.78, 5) is 17.3. The molecule has 0 bridgehead atoms. The van der Waals surface area contributed by atoms with Gasteiger partial charge in [-0.2, -0.15) is 0 Å². The van der Waals surface area contributed by atoms with Crippen LogP contribution in [0.4, 0.5) is 11.5 Å². The van der Waals surface area contributed by atoms with Crippen LogP contribution in [0.2, 0.25) is 0 Å². The molecule has 1 aromatic heterocycles. The molecule has 0 aromatic carbocycles. The number of anilines is 2. The highest BCUT2D eigenvalue weighted by atomic mass is 16.4. The summed E-state index contributed by atoms with van der Waals surface area (Å²) in [6, 6.07) is 3.16. The van der Waals surface area contributed by atoms with E-state index in [0.717, 1.165) is 19.6 Å². The largest absolute Gasteiger partial charge is 0.477 e. The Morgan fingerprint density at radius 1 is 1.53 bits per heavy atom. The van der Waals surface area contributed by atoms with Gasteiger partial charge in [-0.15, -0.1) is 0 Å². The Labute approximate surface area is 112 Å². The van der Waals surface area contributed by atoms with E-state index in [1.807, 2.05) is 6.92 Å². The van der Waals surface area contributed by atoms with Crippen molar-refractivity contribution in [2.24, 2.45) is 0 Å². The van der Waals surface area contributed by atoms with Gasteiger partial charge < -0.3 is 21.1 Å². The van der Waals surface area contributed by atoms with Gasteiger partial charge in [0, 0.05) is 12.6 Å². The van der Waals surface area contributed by atoms with Gasteiger partial charge in [0.05, 0.1) is 5.69 Å². The van der Waals surface area contributed by atoms with Crippen LogP contribution in [0.25, 0.3) is 0 Å². The first kappa shape index (κ1) is 13.6. The number of nitrogens with two attached hydrogens (primary N) is 1. The summed E-state index contributed by atoms with van der Waals surface area (Å²) in [5, 5.41) is 12.1. The second-order valence-electron chi connectivity index (χ2n) is 4.99. The van der Waals surface area contributed by atoms with Gasteiger partial charge in [-0.3, -0.25) is 0 Å². The van der Waals surface area contributed by atoms with Crippen molar-refractivity contribution in [3.8, 4) is 0 Å². The van der Waals surface area contributed by atoms with Crippen LogP contribution < -0.4 is 11.1 Å². The Morgan fingerprint density at radius 2 is 2.21 bits per heavy atom. The zero-order chi connectivity index (χ0) is 13.8. The number of nitrogens with zero attached hydrogens (tertiary/aromatic N) is 2. The third kappa shape index (κ3) is 3.57. The molecule has 1 aliphatic rings. The number of pyridine rings is 1. The highest BCUT2D eigenvalue weighted by molar-refractivity contribution is 5.86. The molecule has 0 aliphatic carbocycles. The second kappa shape index (κ2) is 5.88. The van der Waals surface area contributed by atoms with Gasteiger partial charge in [0.2, 0.25) is 0 Å². The number of nitrogens with one attached hydrogen (secondary N) is 1. The van der Waals surface area contributed by atoms with E-state index in [9.17, 15) is 4.79 Å². The van der Waals surface area contributed by atoms with Crippen LogP contribution in [-0.4, -0.2) is 46.6 Å². The van der Waals surface area contributed by atoms with E-state index in [4.69, 9.17) is 10.8 Å². The summed E-state index contributed by atoms with van der Waals surface area (Å²) in [7, 11) is 0. The molecule has 1 aliphatic heterocycles. The summed E-state index contributed by atoms with van der Waals surface area (Å²) in [5.41, 5.74) is 6.29. The predicted molar refractivity (Wildman–Crippen MR) is 74.4 cm³/mol. The smallest absolute Gasteiger partial charge is 0.354 e. The quantitative estimate of drug-likeness (QED) is 0.741. The summed E-state index contributed by atoms with van der Waals surface area (Å²) in [5.74, 6) is -0.596. The maximum atomic E-state index is 10.9. The molecule has 0 saturated carbocycles. The molecular weight excluding hydrogens is 244 g/mol. The third-order valence-electron chi connectivity index (χ3n) is 3.26. The predicted octanol–water partition coefficient (Wildman–Crippen LogP) is 1.26. The first-order chi connectivity index (χ1) is 9.06. The number of carbonyl (C=O) groups is 1. The molecule has 104 valence electrons. The lowest BCUT2D eigenvalue weighted by Gasteiger charge is -2.22. The van der Waals surface area contributed by atoms with E-state index >= 15 is 0 Å². The van der Waals surface area contributed by atoms with E-state index in [1.165, 1.54) is 18.9 Å². The van der Waals surface area contributed by atoms with Crippen molar-refractivity contribution in [3.63, 3.8) is 0 Å². The normalized spacial score (nSPS) is 17.3. The first-order valence-electron chi connectivity index (χ1n) is 6.55. The monoisotopic (exact) mass is 264 g/mol. The van der Waals surface area contributed by atoms with Crippen molar-refractivity contribution in [1.82, 2.24) is 9.88 Å². The van der Waals surface area contributed by atoms with E-state index in [0.29, 0.717) is 11.5 Å². The van der Waals surface area contributed by atoms with E-state index in [1.54, 1.807) is 6.07 Å². The van der Waals surface area contributed by atoms with Crippen molar-refractivity contribution in [2.75, 3.05) is 30.7 Å². The van der Waals surface area contributed by atoms with Crippen molar-refractivity contribution in [3.05, 3.63) is 17.8 Å². The fourth-order valence-electron chi connectivity index (χ4n) is 2.34. The average Bonchev–Trinajstić information content (AvgIpc) is 2.84. The molecular formula is C13H20N4O2. The highest BCUT2D eigenvalue weighted by Crippen LogP contribution is 2.17. The van der Waals surface area contributed by atoms with Gasteiger partial charge >= 0.3 is 5.97 Å². The molecule has 2 rings (SSSR count). The minimum absolute atomic E-state index is 0.00470. The Balaban J connectivity index is 2.00. The summed E-state index contributed by atoms with van der Waals surface area (Å²) in [6.07, 6.45) is 2.50. The minimum Gasteiger partial charge on any atom is -0.477 e. The van der Waals surface area contributed by atoms with Crippen LogP contribution in [0.1, 0.15) is 30.3 Å². The van der Waals surface area contributed by atoms with E-state index in [-0.39, 0.29) is 11.7 Å². The van der Waals surface area contributed by atoms with Gasteiger partial charge in [0.1, 0.15) is 5.82 Å². The van der Waals surface area contributed by atoms with Crippen molar-refractivity contribution in [2.45, 2.75) is 25.8 Å². The van der Waals surface area contributed by atoms with Gasteiger partial charge in [-0.1, -0.05) is 0 Å². The molecule has 2 heterocycles. The van der Waals surface area contributed by atoms with Gasteiger partial charge in [0.25, 0.3) is 0 Å². The van der Waals surface area contributed by atoms with Gasteiger partial charge in [-0.05, 0) is 45.0 Å². The number of hydrogen-bond acceptors (Lipinski definition) is 5. The maximum absolute atomic E-state index is 10.9. The number of carboxylic acid groups (broad SMARTS) is 1. The molecule has 4 N–H and O–H groups in total. The molecule has 1 fully saturated rings. The topological polar surface area (TPSA) is 91.5 Å². The second-order valence-corrected chi connectivity index (χ2v) is 4.99. The van der Waals surface area contributed by atoms with Crippen molar-refractivity contribution in [1.29, 1.82) is 0 Å². The Bertz CT molecular complexity index is 458. The van der Waals surface area contributed by atoms with Crippen LogP contribution >= 0.6 is 0 Å². The number of aromatic nitrogens is 1. The fourth-order valence-corrected chi connectivity index (χ4v) is 2.34. The van der Waals surface area contributed by atoms with Crippen LogP contribution in [0.15, 0.2) is 12.1 Å². The lowest BCUT2D eigenvalue weighted by atomic mass is 10.2. The van der Waals surface area contributed by atoms with Crippen LogP contribution in [-0.2, 0) is 0 Å². The molecule has 1 atom stereocenters. The van der Waals surface area contributed by atoms with Crippen LogP contribution in [0.5, 0.6) is 0 Å². The average molecular weight is 264 g/mol. The Hall–Kier alpha value is -1.82. The first-order valence-corrected chi connectivity index (χ1v) is 6.55. The third-order valence-corrected chi connectivity index (χ3v) is 3.26. The summed E-state index contributed by atoms with van der Waals surface area (Å²) >= 11 is 0.